The monoisotopic (exact) mass is 434 g/mol. The molecule has 1 fully saturated rings. The Morgan fingerprint density at radius 1 is 0.692 bits per heavy atom. The summed E-state index contributed by atoms with van der Waals surface area (Å²) in [7, 11) is -12.6. The maximum absolute atomic E-state index is 12.7. The van der Waals surface area contributed by atoms with Gasteiger partial charge in [0.1, 0.15) is 0 Å². The van der Waals surface area contributed by atoms with E-state index < -0.39 is 77.4 Å². The van der Waals surface area contributed by atoms with Crippen molar-refractivity contribution in [2.75, 3.05) is 0 Å². The molecule has 0 aliphatic heterocycles. The van der Waals surface area contributed by atoms with E-state index in [4.69, 9.17) is 0 Å². The molecule has 16 heteroatoms. The minimum Gasteiger partial charge on any atom is -0.278 e. The number of amides is 2. The number of carbonyl (C=O) groups is 2. The summed E-state index contributed by atoms with van der Waals surface area (Å²) in [5.41, 5.74) is -11.9. The van der Waals surface area contributed by atoms with Gasteiger partial charge >= 0.3 is 31.1 Å². The summed E-state index contributed by atoms with van der Waals surface area (Å²) >= 11 is 0. The van der Waals surface area contributed by atoms with Gasteiger partial charge in [-0.15, -0.1) is 0 Å². The predicted octanol–water partition coefficient (Wildman–Crippen LogP) is 0.914. The van der Waals surface area contributed by atoms with Crippen molar-refractivity contribution in [3.63, 3.8) is 0 Å². The van der Waals surface area contributed by atoms with E-state index >= 15 is 0 Å². The molecule has 1 saturated carbocycles. The van der Waals surface area contributed by atoms with E-state index in [9.17, 15) is 52.8 Å². The smallest absolute Gasteiger partial charge is 0.278 e. The first-order valence-corrected chi connectivity index (χ1v) is 9.61. The Bertz CT molecular complexity index is 683. The van der Waals surface area contributed by atoms with Crippen LogP contribution < -0.4 is 0 Å². The number of nitrogens with zero attached hydrogens (tertiary/aromatic N) is 2. The maximum atomic E-state index is 12.7. The summed E-state index contributed by atoms with van der Waals surface area (Å²) in [5, 5.41) is 0. The number of hydrogen-bond acceptors (Lipinski definition) is 6. The standard InChI is InChI=1S/C10H12F6N2O6S2/c11-9(12,13)25(21,22)17(5-19)7-3-1-2-4-8(7)18(6-20)26(23,24)10(14,15)16/h5-8H,1-4H2/t7-,8-/m1/s1. The lowest BCUT2D eigenvalue weighted by Gasteiger charge is -2.40. The Hall–Kier alpha value is -1.58. The van der Waals surface area contributed by atoms with E-state index in [2.05, 4.69) is 0 Å². The Kier molecular flexibility index (Phi) is 6.22. The predicted molar refractivity (Wildman–Crippen MR) is 71.8 cm³/mol. The zero-order valence-corrected chi connectivity index (χ0v) is 14.2. The van der Waals surface area contributed by atoms with E-state index in [1.807, 2.05) is 0 Å². The van der Waals surface area contributed by atoms with Crippen molar-refractivity contribution in [3.8, 4) is 0 Å². The molecule has 0 N–H and O–H groups in total. The third-order valence-electron chi connectivity index (χ3n) is 3.70. The molecule has 0 aromatic rings. The Balaban J connectivity index is 3.46. The van der Waals surface area contributed by atoms with Gasteiger partial charge < -0.3 is 0 Å². The van der Waals surface area contributed by atoms with Gasteiger partial charge in [0.2, 0.25) is 12.8 Å². The van der Waals surface area contributed by atoms with E-state index in [-0.39, 0.29) is 12.8 Å². The van der Waals surface area contributed by atoms with Crippen LogP contribution in [0.2, 0.25) is 0 Å². The number of rotatable bonds is 6. The molecule has 1 aliphatic rings. The van der Waals surface area contributed by atoms with Crippen molar-refractivity contribution in [3.05, 3.63) is 0 Å². The molecule has 8 nitrogen and oxygen atoms in total. The molecule has 152 valence electrons. The highest BCUT2D eigenvalue weighted by Crippen LogP contribution is 2.36. The molecule has 0 spiro atoms. The normalized spacial score (nSPS) is 22.5. The second kappa shape index (κ2) is 7.21. The summed E-state index contributed by atoms with van der Waals surface area (Å²) < 4.78 is 120. The van der Waals surface area contributed by atoms with E-state index in [0.717, 1.165) is 0 Å². The van der Waals surface area contributed by atoms with Gasteiger partial charge in [-0.2, -0.15) is 43.2 Å². The zero-order valence-electron chi connectivity index (χ0n) is 12.6. The van der Waals surface area contributed by atoms with Gasteiger partial charge in [-0.1, -0.05) is 12.8 Å². The largest absolute Gasteiger partial charge is 0.516 e. The summed E-state index contributed by atoms with van der Waals surface area (Å²) in [4.78, 5) is 21.9. The van der Waals surface area contributed by atoms with Crippen LogP contribution in [0.15, 0.2) is 0 Å². The Morgan fingerprint density at radius 2 is 0.962 bits per heavy atom. The molecular formula is C10H12F6N2O6S2. The molecule has 0 heterocycles. The molecule has 0 saturated heterocycles. The van der Waals surface area contributed by atoms with Gasteiger partial charge in [0, 0.05) is 0 Å². The fourth-order valence-electron chi connectivity index (χ4n) is 2.55. The molecule has 0 aromatic heterocycles. The first-order valence-electron chi connectivity index (χ1n) is 6.73. The van der Waals surface area contributed by atoms with Crippen LogP contribution in [0.5, 0.6) is 0 Å². The number of sulfonamides is 2. The van der Waals surface area contributed by atoms with Crippen LogP contribution in [0, 0.1) is 0 Å². The van der Waals surface area contributed by atoms with Crippen molar-refractivity contribution in [2.24, 2.45) is 0 Å². The molecule has 2 atom stereocenters. The molecule has 0 aromatic carbocycles. The van der Waals surface area contributed by atoms with Crippen molar-refractivity contribution in [2.45, 2.75) is 48.8 Å². The Labute approximate surface area is 143 Å². The van der Waals surface area contributed by atoms with Crippen LogP contribution in [-0.4, -0.2) is 61.4 Å². The number of hydrogen-bond donors (Lipinski definition) is 0. The Morgan fingerprint density at radius 3 is 1.15 bits per heavy atom. The second-order valence-corrected chi connectivity index (χ2v) is 8.86. The fraction of sp³-hybridized carbons (Fsp3) is 0.800. The zero-order chi connectivity index (χ0) is 20.6. The minimum atomic E-state index is -6.30. The number of carbonyl (C=O) groups excluding carboxylic acids is 2. The topological polar surface area (TPSA) is 109 Å². The van der Waals surface area contributed by atoms with Crippen molar-refractivity contribution >= 4 is 32.9 Å². The third kappa shape index (κ3) is 3.89. The molecule has 0 unspecified atom stereocenters. The third-order valence-corrected chi connectivity index (χ3v) is 6.69. The van der Waals surface area contributed by atoms with E-state index in [1.54, 1.807) is 0 Å². The molecule has 0 radical (unpaired) electrons. The highest BCUT2D eigenvalue weighted by Gasteiger charge is 2.57. The first kappa shape index (κ1) is 22.5. The van der Waals surface area contributed by atoms with E-state index in [1.165, 1.54) is 0 Å². The fourth-order valence-corrected chi connectivity index (χ4v) is 4.46. The van der Waals surface area contributed by atoms with Gasteiger partial charge in [0.15, 0.2) is 0 Å². The van der Waals surface area contributed by atoms with E-state index in [0.29, 0.717) is 0 Å². The molecule has 1 aliphatic carbocycles. The molecule has 0 bridgehead atoms. The number of halogens is 6. The highest BCUT2D eigenvalue weighted by atomic mass is 32.2. The highest BCUT2D eigenvalue weighted by molar-refractivity contribution is 7.90. The lowest BCUT2D eigenvalue weighted by molar-refractivity contribution is -0.122. The lowest BCUT2D eigenvalue weighted by atomic mass is 9.90. The van der Waals surface area contributed by atoms with Crippen molar-refractivity contribution < 1.29 is 52.8 Å². The lowest BCUT2D eigenvalue weighted by Crippen LogP contribution is -2.59. The van der Waals surface area contributed by atoms with Crippen LogP contribution in [-0.2, 0) is 29.6 Å². The minimum absolute atomic E-state index is 0.00233. The van der Waals surface area contributed by atoms with Gasteiger partial charge in [-0.05, 0) is 12.8 Å². The second-order valence-electron chi connectivity index (χ2n) is 5.19. The van der Waals surface area contributed by atoms with Crippen LogP contribution in [0.25, 0.3) is 0 Å². The summed E-state index contributed by atoms with van der Waals surface area (Å²) in [6.07, 6.45) is -2.66. The first-order chi connectivity index (χ1) is 11.6. The average Bonchev–Trinajstić information content (AvgIpc) is 2.47. The van der Waals surface area contributed by atoms with Gasteiger partial charge in [-0.25, -0.2) is 8.61 Å². The molecular weight excluding hydrogens is 422 g/mol. The van der Waals surface area contributed by atoms with Crippen molar-refractivity contribution in [1.82, 2.24) is 8.61 Å². The van der Waals surface area contributed by atoms with Crippen molar-refractivity contribution in [1.29, 1.82) is 0 Å². The van der Waals surface area contributed by atoms with Crippen LogP contribution in [0.3, 0.4) is 0 Å². The average molecular weight is 434 g/mol. The summed E-state index contributed by atoms with van der Waals surface area (Å²) in [6, 6.07) is -4.26. The SMILES string of the molecule is O=CN([C@@H]1CCCC[C@H]1N(C=O)S(=O)(=O)C(F)(F)F)S(=O)(=O)C(F)(F)F. The quantitative estimate of drug-likeness (QED) is 0.454. The van der Waals surface area contributed by atoms with Crippen LogP contribution in [0.4, 0.5) is 26.3 Å². The van der Waals surface area contributed by atoms with Crippen LogP contribution in [0.1, 0.15) is 25.7 Å². The maximum Gasteiger partial charge on any atom is 0.516 e. The number of alkyl halides is 6. The van der Waals surface area contributed by atoms with Gasteiger partial charge in [-0.3, -0.25) is 9.59 Å². The molecule has 26 heavy (non-hydrogen) atoms. The summed E-state index contributed by atoms with van der Waals surface area (Å²) in [6.45, 7) is 0. The van der Waals surface area contributed by atoms with Gasteiger partial charge in [0.05, 0.1) is 12.1 Å². The summed E-state index contributed by atoms with van der Waals surface area (Å²) in [5.74, 6) is 0. The van der Waals surface area contributed by atoms with Crippen LogP contribution >= 0.6 is 0 Å². The molecule has 1 rings (SSSR count). The molecule has 2 amide bonds. The van der Waals surface area contributed by atoms with Gasteiger partial charge in [0.25, 0.3) is 0 Å².